The highest BCUT2D eigenvalue weighted by Gasteiger charge is 2.73. The third kappa shape index (κ3) is 4.40. The van der Waals surface area contributed by atoms with E-state index < -0.39 is 29.6 Å². The molecular formula is C31H40ClN3O4. The molecule has 2 saturated carbocycles. The number of fused-ring (bicyclic) bond motifs is 1. The van der Waals surface area contributed by atoms with E-state index in [1.54, 1.807) is 24.3 Å². The van der Waals surface area contributed by atoms with Crippen LogP contribution in [0.15, 0.2) is 36.4 Å². The van der Waals surface area contributed by atoms with Crippen LogP contribution >= 0.6 is 11.6 Å². The number of nitrogens with one attached hydrogen (secondary N) is 2. The molecule has 2 saturated heterocycles. The molecule has 3 amide bonds. The molecular weight excluding hydrogens is 514 g/mol. The van der Waals surface area contributed by atoms with Crippen LogP contribution < -0.4 is 10.6 Å². The number of carbonyl (C=O) groups is 3. The van der Waals surface area contributed by atoms with E-state index >= 15 is 0 Å². The lowest BCUT2D eigenvalue weighted by atomic mass is 9.73. The minimum Gasteiger partial charge on any atom is -0.359 e. The van der Waals surface area contributed by atoms with Crippen LogP contribution in [0.1, 0.15) is 65.7 Å². The fourth-order valence-corrected chi connectivity index (χ4v) is 8.21. The van der Waals surface area contributed by atoms with Gasteiger partial charge in [-0.15, -0.1) is 0 Å². The number of benzene rings is 1. The zero-order chi connectivity index (χ0) is 27.5. The highest BCUT2D eigenvalue weighted by Crippen LogP contribution is 2.56. The topological polar surface area (TPSA) is 87.7 Å². The molecule has 0 radical (unpaired) electrons. The Balaban J connectivity index is 1.33. The molecule has 1 spiro atoms. The van der Waals surface area contributed by atoms with Crippen molar-refractivity contribution < 1.29 is 19.1 Å². The zero-order valence-electron chi connectivity index (χ0n) is 23.1. The summed E-state index contributed by atoms with van der Waals surface area (Å²) in [6.07, 6.45) is 10.5. The molecule has 6 rings (SSSR count). The fraction of sp³-hybridized carbons (Fsp3) is 0.645. The van der Waals surface area contributed by atoms with E-state index in [1.807, 2.05) is 17.1 Å². The van der Waals surface area contributed by atoms with Crippen molar-refractivity contribution in [3.05, 3.63) is 41.4 Å². The molecule has 0 aromatic heterocycles. The minimum absolute atomic E-state index is 0.0410. The van der Waals surface area contributed by atoms with Crippen LogP contribution in [0.25, 0.3) is 0 Å². The van der Waals surface area contributed by atoms with Crippen molar-refractivity contribution in [3.8, 4) is 0 Å². The molecule has 5 aliphatic rings. The van der Waals surface area contributed by atoms with E-state index in [4.69, 9.17) is 16.3 Å². The highest BCUT2D eigenvalue weighted by molar-refractivity contribution is 6.30. The van der Waals surface area contributed by atoms with Crippen molar-refractivity contribution in [2.24, 2.45) is 29.6 Å². The second-order valence-corrected chi connectivity index (χ2v) is 13.1. The first-order chi connectivity index (χ1) is 18.7. The largest absolute Gasteiger partial charge is 0.359 e. The monoisotopic (exact) mass is 553 g/mol. The third-order valence-corrected chi connectivity index (χ3v) is 10.7. The molecule has 39 heavy (non-hydrogen) atoms. The van der Waals surface area contributed by atoms with E-state index in [0.29, 0.717) is 22.5 Å². The van der Waals surface area contributed by atoms with E-state index in [9.17, 15) is 14.4 Å². The van der Waals surface area contributed by atoms with Gasteiger partial charge >= 0.3 is 0 Å². The number of likely N-dealkylation sites (tertiary alicyclic amines) is 1. The Bertz CT molecular complexity index is 1170. The Morgan fingerprint density at radius 2 is 1.69 bits per heavy atom. The molecule has 3 aliphatic heterocycles. The van der Waals surface area contributed by atoms with Crippen LogP contribution in [0.2, 0.25) is 5.02 Å². The molecule has 8 heteroatoms. The van der Waals surface area contributed by atoms with E-state index in [2.05, 4.69) is 31.4 Å². The number of ether oxygens (including phenoxy) is 1. The summed E-state index contributed by atoms with van der Waals surface area (Å²) >= 11 is 6.02. The van der Waals surface area contributed by atoms with E-state index in [0.717, 1.165) is 38.5 Å². The van der Waals surface area contributed by atoms with Gasteiger partial charge in [-0.3, -0.25) is 14.4 Å². The van der Waals surface area contributed by atoms with Gasteiger partial charge in [0.2, 0.25) is 17.7 Å². The molecule has 10 atom stereocenters. The summed E-state index contributed by atoms with van der Waals surface area (Å²) in [7, 11) is 0. The number of rotatable bonds is 5. The van der Waals surface area contributed by atoms with E-state index in [-0.39, 0.29) is 35.7 Å². The minimum atomic E-state index is -1.13. The van der Waals surface area contributed by atoms with Gasteiger partial charge in [0.15, 0.2) is 0 Å². The SMILES string of the molecule is CC1CCCC(NC(=O)C2N(C3CCCCC3C)C(=O)[C@H]3C(C(=O)Nc4ccc(Cl)cc4)[C@H]4C=CC23O4)C1C. The van der Waals surface area contributed by atoms with Crippen LogP contribution in [-0.2, 0) is 19.1 Å². The van der Waals surface area contributed by atoms with Crippen LogP contribution in [-0.4, -0.2) is 52.5 Å². The fourth-order valence-electron chi connectivity index (χ4n) is 8.08. The second-order valence-electron chi connectivity index (χ2n) is 12.7. The number of anilines is 1. The maximum atomic E-state index is 14.4. The quantitative estimate of drug-likeness (QED) is 0.505. The smallest absolute Gasteiger partial charge is 0.246 e. The third-order valence-electron chi connectivity index (χ3n) is 10.4. The summed E-state index contributed by atoms with van der Waals surface area (Å²) in [4.78, 5) is 44.2. The first kappa shape index (κ1) is 26.8. The summed E-state index contributed by atoms with van der Waals surface area (Å²) in [5.41, 5.74) is -0.516. The van der Waals surface area contributed by atoms with E-state index in [1.165, 1.54) is 6.42 Å². The number of hydrogen-bond acceptors (Lipinski definition) is 4. The maximum Gasteiger partial charge on any atom is 0.246 e. The Kier molecular flexibility index (Phi) is 7.03. The van der Waals surface area contributed by atoms with Gasteiger partial charge in [0.1, 0.15) is 11.6 Å². The number of amides is 3. The average Bonchev–Trinajstić information content (AvgIpc) is 3.56. The zero-order valence-corrected chi connectivity index (χ0v) is 23.8. The predicted octanol–water partition coefficient (Wildman–Crippen LogP) is 4.95. The van der Waals surface area contributed by atoms with Crippen LogP contribution in [0.4, 0.5) is 5.69 Å². The van der Waals surface area contributed by atoms with Gasteiger partial charge in [-0.2, -0.15) is 0 Å². The van der Waals surface area contributed by atoms with Crippen LogP contribution in [0.3, 0.4) is 0 Å². The van der Waals surface area contributed by atoms with Gasteiger partial charge in [-0.1, -0.05) is 70.2 Å². The Hall–Kier alpha value is -2.38. The molecule has 4 fully saturated rings. The van der Waals surface area contributed by atoms with Gasteiger partial charge in [-0.25, -0.2) is 0 Å². The van der Waals surface area contributed by atoms with Crippen molar-refractivity contribution in [2.45, 2.75) is 95.5 Å². The second kappa shape index (κ2) is 10.2. The van der Waals surface area contributed by atoms with Gasteiger partial charge in [0.05, 0.1) is 17.9 Å². The summed E-state index contributed by atoms with van der Waals surface area (Å²) in [6.45, 7) is 6.65. The first-order valence-electron chi connectivity index (χ1n) is 14.8. The van der Waals surface area contributed by atoms with Gasteiger partial charge < -0.3 is 20.3 Å². The van der Waals surface area contributed by atoms with Crippen molar-refractivity contribution in [1.82, 2.24) is 10.2 Å². The molecule has 1 aromatic carbocycles. The molecule has 210 valence electrons. The van der Waals surface area contributed by atoms with Crippen molar-refractivity contribution in [3.63, 3.8) is 0 Å². The summed E-state index contributed by atoms with van der Waals surface area (Å²) in [5.74, 6) is -0.777. The first-order valence-corrected chi connectivity index (χ1v) is 15.1. The predicted molar refractivity (Wildman–Crippen MR) is 150 cm³/mol. The van der Waals surface area contributed by atoms with Gasteiger partial charge in [-0.05, 0) is 61.3 Å². The summed E-state index contributed by atoms with van der Waals surface area (Å²) in [5, 5.41) is 6.91. The number of halogens is 1. The number of carbonyl (C=O) groups excluding carboxylic acids is 3. The van der Waals surface area contributed by atoms with Crippen molar-refractivity contribution in [1.29, 1.82) is 0 Å². The van der Waals surface area contributed by atoms with Crippen molar-refractivity contribution in [2.75, 3.05) is 5.32 Å². The standard InChI is InChI=1S/C31H40ClN3O4/c1-17-8-6-9-22(19(17)3)34-29(37)27-31-16-15-24(39-31)25(28(36)33-21-13-11-20(32)12-14-21)26(31)30(38)35(27)23-10-5-4-7-18(23)2/h11-19,22-27H,4-10H2,1-3H3,(H,33,36)(H,34,37)/t17?,18?,19?,22?,23?,24-,25?,26-,27?,31?/m1/s1. The van der Waals surface area contributed by atoms with Gasteiger partial charge in [0, 0.05) is 22.8 Å². The van der Waals surface area contributed by atoms with Crippen molar-refractivity contribution >= 4 is 35.0 Å². The number of hydrogen-bond donors (Lipinski definition) is 2. The lowest BCUT2D eigenvalue weighted by Gasteiger charge is -2.42. The maximum absolute atomic E-state index is 14.4. The summed E-state index contributed by atoms with van der Waals surface area (Å²) < 4.78 is 6.56. The van der Waals surface area contributed by atoms with Gasteiger partial charge in [0.25, 0.3) is 0 Å². The normalized spacial score (nSPS) is 41.0. The number of nitrogens with zero attached hydrogens (tertiary/aromatic N) is 1. The lowest BCUT2D eigenvalue weighted by Crippen LogP contribution is -2.60. The van der Waals surface area contributed by atoms with Crippen LogP contribution in [0.5, 0.6) is 0 Å². The molecule has 8 unspecified atom stereocenters. The Labute approximate surface area is 236 Å². The highest BCUT2D eigenvalue weighted by atomic mass is 35.5. The molecule has 7 nitrogen and oxygen atoms in total. The molecule has 3 heterocycles. The molecule has 2 N–H and O–H groups in total. The van der Waals surface area contributed by atoms with Crippen LogP contribution in [0, 0.1) is 29.6 Å². The summed E-state index contributed by atoms with van der Waals surface area (Å²) in [6, 6.07) is 6.18. The molecule has 2 bridgehead atoms. The Morgan fingerprint density at radius 1 is 0.974 bits per heavy atom. The molecule has 1 aromatic rings. The molecule has 2 aliphatic carbocycles. The Morgan fingerprint density at radius 3 is 2.44 bits per heavy atom. The average molecular weight is 554 g/mol. The lowest BCUT2D eigenvalue weighted by molar-refractivity contribution is -0.146.